The molecule has 320 valence electrons. The van der Waals surface area contributed by atoms with E-state index in [1.54, 1.807) is 0 Å². The number of furan rings is 1. The maximum absolute atomic E-state index is 6.28. The van der Waals surface area contributed by atoms with Gasteiger partial charge in [-0.15, -0.1) is 0 Å². The zero-order valence-corrected chi connectivity index (χ0v) is 37.3. The first kappa shape index (κ1) is 39.2. The molecule has 12 aromatic rings. The summed E-state index contributed by atoms with van der Waals surface area (Å²) in [5, 5.41) is 7.42. The summed E-state index contributed by atoms with van der Waals surface area (Å²) in [6.07, 6.45) is 6.41. The van der Waals surface area contributed by atoms with E-state index in [0.717, 1.165) is 66.9 Å². The van der Waals surface area contributed by atoms with Crippen LogP contribution in [0, 0.1) is 0 Å². The Kier molecular flexibility index (Phi) is 9.60. The lowest BCUT2D eigenvalue weighted by atomic mass is 9.80. The predicted octanol–water partition coefficient (Wildman–Crippen LogP) is 18.4. The monoisotopic (exact) mass is 860 g/mol. The third kappa shape index (κ3) is 6.72. The molecule has 0 saturated heterocycles. The molecule has 67 heavy (non-hydrogen) atoms. The van der Waals surface area contributed by atoms with Gasteiger partial charge in [0, 0.05) is 44.0 Å². The van der Waals surface area contributed by atoms with Crippen LogP contribution in [0.15, 0.2) is 229 Å². The highest BCUT2D eigenvalue weighted by Gasteiger charge is 2.25. The third-order valence-electron chi connectivity index (χ3n) is 14.4. The SMILES string of the molecule is c1ccc(-n2c3ccccc3c3ccc(-c4ccccc4N(c4cccc(-c5ccc6oc7ccccc7c6c5)c4)c4ccccc4-c4cccc5cccc(C6CCCCC6)c45)cc32)cc1. The molecule has 3 nitrogen and oxygen atoms in total. The highest BCUT2D eigenvalue weighted by atomic mass is 16.3. The number of hydrogen-bond acceptors (Lipinski definition) is 2. The number of fused-ring (bicyclic) bond motifs is 7. The number of benzene rings is 10. The van der Waals surface area contributed by atoms with E-state index in [1.807, 2.05) is 6.07 Å². The van der Waals surface area contributed by atoms with E-state index in [4.69, 9.17) is 4.42 Å². The molecule has 0 amide bonds. The van der Waals surface area contributed by atoms with E-state index < -0.39 is 0 Å². The molecule has 10 aromatic carbocycles. The van der Waals surface area contributed by atoms with Crippen molar-refractivity contribution in [2.24, 2.45) is 0 Å². The highest BCUT2D eigenvalue weighted by molar-refractivity contribution is 6.11. The molecule has 2 aromatic heterocycles. The van der Waals surface area contributed by atoms with E-state index in [1.165, 1.54) is 81.4 Å². The first-order valence-electron chi connectivity index (χ1n) is 23.9. The average molecular weight is 861 g/mol. The Balaban J connectivity index is 1.04. The zero-order valence-electron chi connectivity index (χ0n) is 37.3. The first-order chi connectivity index (χ1) is 33.2. The quantitative estimate of drug-likeness (QED) is 0.152. The van der Waals surface area contributed by atoms with Crippen LogP contribution in [0.25, 0.3) is 93.6 Å². The van der Waals surface area contributed by atoms with Gasteiger partial charge in [0.25, 0.3) is 0 Å². The van der Waals surface area contributed by atoms with E-state index >= 15 is 0 Å². The molecule has 2 heterocycles. The van der Waals surface area contributed by atoms with Gasteiger partial charge in [-0.05, 0) is 124 Å². The van der Waals surface area contributed by atoms with Crippen LogP contribution in [0.5, 0.6) is 0 Å². The van der Waals surface area contributed by atoms with Crippen molar-refractivity contribution in [3.8, 4) is 39.1 Å². The molecule has 3 heteroatoms. The molecule has 0 unspecified atom stereocenters. The second-order valence-corrected chi connectivity index (χ2v) is 18.2. The van der Waals surface area contributed by atoms with Gasteiger partial charge in [-0.2, -0.15) is 0 Å². The fraction of sp³-hybridized carbons (Fsp3) is 0.0938. The molecular formula is C64H48N2O. The van der Waals surface area contributed by atoms with Crippen LogP contribution in [0.3, 0.4) is 0 Å². The van der Waals surface area contributed by atoms with Gasteiger partial charge < -0.3 is 13.9 Å². The summed E-state index contributed by atoms with van der Waals surface area (Å²) in [5.74, 6) is 0.561. The van der Waals surface area contributed by atoms with Crippen LogP contribution in [0.1, 0.15) is 43.6 Å². The summed E-state index contributed by atoms with van der Waals surface area (Å²) >= 11 is 0. The number of rotatable bonds is 8. The number of aromatic nitrogens is 1. The van der Waals surface area contributed by atoms with Crippen LogP contribution in [-0.4, -0.2) is 4.57 Å². The normalized spacial score (nSPS) is 13.3. The van der Waals surface area contributed by atoms with Gasteiger partial charge in [0.1, 0.15) is 11.2 Å². The third-order valence-corrected chi connectivity index (χ3v) is 14.4. The van der Waals surface area contributed by atoms with Crippen molar-refractivity contribution in [2.75, 3.05) is 4.90 Å². The Labute approximate surface area is 390 Å². The molecule has 1 fully saturated rings. The van der Waals surface area contributed by atoms with Crippen LogP contribution in [0.4, 0.5) is 17.1 Å². The second-order valence-electron chi connectivity index (χ2n) is 18.2. The molecule has 1 aliphatic rings. The molecular weight excluding hydrogens is 813 g/mol. The topological polar surface area (TPSA) is 21.3 Å². The molecule has 0 bridgehead atoms. The maximum atomic E-state index is 6.28. The Hall–Kier alpha value is -8.14. The molecule has 0 N–H and O–H groups in total. The molecule has 0 aliphatic heterocycles. The van der Waals surface area contributed by atoms with Crippen LogP contribution >= 0.6 is 0 Å². The number of para-hydroxylation sites is 5. The van der Waals surface area contributed by atoms with Gasteiger partial charge in [-0.1, -0.05) is 177 Å². The number of anilines is 3. The molecule has 0 atom stereocenters. The average Bonchev–Trinajstić information content (AvgIpc) is 3.94. The fourth-order valence-corrected chi connectivity index (χ4v) is 11.3. The Morgan fingerprint density at radius 1 is 0.403 bits per heavy atom. The van der Waals surface area contributed by atoms with Crippen molar-refractivity contribution in [2.45, 2.75) is 38.0 Å². The van der Waals surface area contributed by atoms with Crippen LogP contribution < -0.4 is 4.90 Å². The summed E-state index contributed by atoms with van der Waals surface area (Å²) in [6.45, 7) is 0. The van der Waals surface area contributed by atoms with Crippen LogP contribution in [-0.2, 0) is 0 Å². The standard InChI is InChI=1S/C64H48N2O/c1-3-18-43(19-4-1)51-30-16-20-44-21-17-31-56(64(44)51)53-28-9-13-34-60(53)66(49-25-15-22-45(40-49)46-37-39-63-57(41-46)55-29-10-14-35-62(55)67-63)58-32-11-7-26-50(58)47-36-38-54-52-27-8-12-33-59(52)65(61(54)42-47)48-23-5-2-6-24-48/h2,5-17,20-43H,1,3-4,18-19H2. The summed E-state index contributed by atoms with van der Waals surface area (Å²) < 4.78 is 8.69. The van der Waals surface area contributed by atoms with Gasteiger partial charge in [-0.25, -0.2) is 0 Å². The Morgan fingerprint density at radius 3 is 1.91 bits per heavy atom. The maximum Gasteiger partial charge on any atom is 0.135 e. The minimum absolute atomic E-state index is 0.561. The lowest BCUT2D eigenvalue weighted by Crippen LogP contribution is -2.13. The summed E-state index contributed by atoms with van der Waals surface area (Å²) in [5.41, 5.74) is 17.2. The Morgan fingerprint density at radius 2 is 1.04 bits per heavy atom. The number of hydrogen-bond donors (Lipinski definition) is 0. The lowest BCUT2D eigenvalue weighted by molar-refractivity contribution is 0.445. The number of nitrogens with zero attached hydrogens (tertiary/aromatic N) is 2. The van der Waals surface area contributed by atoms with Gasteiger partial charge in [-0.3, -0.25) is 0 Å². The molecule has 0 spiro atoms. The lowest BCUT2D eigenvalue weighted by Gasteiger charge is -2.31. The molecule has 13 rings (SSSR count). The largest absolute Gasteiger partial charge is 0.456 e. The van der Waals surface area contributed by atoms with Crippen molar-refractivity contribution >= 4 is 71.6 Å². The summed E-state index contributed by atoms with van der Waals surface area (Å²) in [6, 6.07) is 82.5. The van der Waals surface area contributed by atoms with Crippen molar-refractivity contribution in [3.63, 3.8) is 0 Å². The van der Waals surface area contributed by atoms with E-state index in [0.29, 0.717) is 5.92 Å². The summed E-state index contributed by atoms with van der Waals surface area (Å²) in [4.78, 5) is 2.51. The van der Waals surface area contributed by atoms with E-state index in [2.05, 4.69) is 228 Å². The smallest absolute Gasteiger partial charge is 0.135 e. The highest BCUT2D eigenvalue weighted by Crippen LogP contribution is 2.49. The van der Waals surface area contributed by atoms with Crippen molar-refractivity contribution in [1.82, 2.24) is 4.57 Å². The van der Waals surface area contributed by atoms with Gasteiger partial charge >= 0.3 is 0 Å². The minimum Gasteiger partial charge on any atom is -0.456 e. The summed E-state index contributed by atoms with van der Waals surface area (Å²) in [7, 11) is 0. The van der Waals surface area contributed by atoms with Gasteiger partial charge in [0.15, 0.2) is 0 Å². The van der Waals surface area contributed by atoms with Crippen molar-refractivity contribution in [3.05, 3.63) is 230 Å². The van der Waals surface area contributed by atoms with Crippen molar-refractivity contribution in [1.29, 1.82) is 0 Å². The van der Waals surface area contributed by atoms with E-state index in [9.17, 15) is 0 Å². The van der Waals surface area contributed by atoms with E-state index in [-0.39, 0.29) is 0 Å². The Bertz CT molecular complexity index is 3810. The predicted molar refractivity (Wildman–Crippen MR) is 282 cm³/mol. The fourth-order valence-electron chi connectivity index (χ4n) is 11.3. The van der Waals surface area contributed by atoms with Gasteiger partial charge in [0.05, 0.1) is 22.4 Å². The van der Waals surface area contributed by atoms with Crippen LogP contribution in [0.2, 0.25) is 0 Å². The molecule has 1 aliphatic carbocycles. The zero-order chi connectivity index (χ0) is 44.3. The van der Waals surface area contributed by atoms with Crippen molar-refractivity contribution < 1.29 is 4.42 Å². The molecule has 1 saturated carbocycles. The first-order valence-corrected chi connectivity index (χ1v) is 23.9. The van der Waals surface area contributed by atoms with Gasteiger partial charge in [0.2, 0.25) is 0 Å². The molecule has 0 radical (unpaired) electrons. The minimum atomic E-state index is 0.561. The second kappa shape index (κ2) is 16.4.